The molecule has 0 saturated carbocycles. The Labute approximate surface area is 123 Å². The zero-order valence-electron chi connectivity index (χ0n) is 12.4. The minimum atomic E-state index is -0.287. The lowest BCUT2D eigenvalue weighted by molar-refractivity contribution is 0.431. The number of nitrogens with zero attached hydrogens (tertiary/aromatic N) is 4. The van der Waals surface area contributed by atoms with Crippen LogP contribution < -0.4 is 15.9 Å². The van der Waals surface area contributed by atoms with Crippen LogP contribution in [-0.2, 0) is 0 Å². The Hall–Kier alpha value is -1.89. The summed E-state index contributed by atoms with van der Waals surface area (Å²) >= 11 is 0. The van der Waals surface area contributed by atoms with Crippen LogP contribution in [0.25, 0.3) is 5.65 Å². The van der Waals surface area contributed by atoms with Crippen LogP contribution in [0, 0.1) is 0 Å². The topological polar surface area (TPSA) is 78.3 Å². The maximum Gasteiger partial charge on any atom is 0.364 e. The van der Waals surface area contributed by atoms with E-state index >= 15 is 0 Å². The Bertz CT molecular complexity index is 648. The number of fused-ring (bicyclic) bond motifs is 1. The molecule has 1 saturated heterocycles. The number of aromatic nitrogens is 4. The zero-order valence-corrected chi connectivity index (χ0v) is 12.4. The van der Waals surface area contributed by atoms with Crippen LogP contribution in [0.2, 0.25) is 0 Å². The molecule has 2 aromatic heterocycles. The Morgan fingerprint density at radius 3 is 3.19 bits per heavy atom. The van der Waals surface area contributed by atoms with Crippen molar-refractivity contribution < 1.29 is 0 Å². The third-order valence-electron chi connectivity index (χ3n) is 3.99. The third-order valence-corrected chi connectivity index (χ3v) is 3.99. The van der Waals surface area contributed by atoms with Crippen LogP contribution in [0.3, 0.4) is 0 Å². The van der Waals surface area contributed by atoms with Gasteiger partial charge in [0.2, 0.25) is 0 Å². The maximum atomic E-state index is 11.7. The molecule has 114 valence electrons. The molecule has 1 aliphatic rings. The summed E-state index contributed by atoms with van der Waals surface area (Å²) in [6, 6.07) is 4.23. The van der Waals surface area contributed by atoms with E-state index in [0.717, 1.165) is 38.3 Å². The molecule has 1 atom stereocenters. The lowest BCUT2D eigenvalue weighted by atomic mass is 10.0. The molecule has 3 heterocycles. The molecule has 0 aliphatic carbocycles. The number of H-pyrrole nitrogens is 1. The molecule has 7 nitrogen and oxygen atoms in total. The van der Waals surface area contributed by atoms with Crippen molar-refractivity contribution in [1.29, 1.82) is 0 Å². The maximum absolute atomic E-state index is 11.7. The van der Waals surface area contributed by atoms with Gasteiger partial charge in [0.05, 0.1) is 0 Å². The molecule has 1 fully saturated rings. The number of piperidine rings is 1. The first-order chi connectivity index (χ1) is 10.3. The van der Waals surface area contributed by atoms with Crippen LogP contribution in [0.4, 0.5) is 5.82 Å². The van der Waals surface area contributed by atoms with Crippen LogP contribution >= 0.6 is 0 Å². The molecule has 1 unspecified atom stereocenters. The average molecular weight is 290 g/mol. The van der Waals surface area contributed by atoms with Crippen LogP contribution in [0.15, 0.2) is 16.9 Å². The molecule has 0 bridgehead atoms. The highest BCUT2D eigenvalue weighted by molar-refractivity contribution is 5.46. The van der Waals surface area contributed by atoms with Gasteiger partial charge in [0.1, 0.15) is 5.82 Å². The van der Waals surface area contributed by atoms with Crippen molar-refractivity contribution in [2.75, 3.05) is 24.5 Å². The van der Waals surface area contributed by atoms with E-state index in [2.05, 4.69) is 32.4 Å². The van der Waals surface area contributed by atoms with Crippen molar-refractivity contribution in [2.24, 2.45) is 0 Å². The van der Waals surface area contributed by atoms with Crippen molar-refractivity contribution >= 4 is 11.5 Å². The van der Waals surface area contributed by atoms with Crippen LogP contribution in [0.1, 0.15) is 32.6 Å². The Balaban J connectivity index is 1.83. The van der Waals surface area contributed by atoms with E-state index in [0.29, 0.717) is 11.7 Å². The molecular weight excluding hydrogens is 268 g/mol. The largest absolute Gasteiger partial charge is 0.364 e. The number of hydrogen-bond donors (Lipinski definition) is 2. The van der Waals surface area contributed by atoms with Gasteiger partial charge in [-0.25, -0.2) is 9.89 Å². The van der Waals surface area contributed by atoms with Gasteiger partial charge in [0.15, 0.2) is 5.65 Å². The van der Waals surface area contributed by atoms with E-state index in [-0.39, 0.29) is 5.69 Å². The molecule has 2 aromatic rings. The molecule has 7 heteroatoms. The highest BCUT2D eigenvalue weighted by Crippen LogP contribution is 2.22. The summed E-state index contributed by atoms with van der Waals surface area (Å²) in [4.78, 5) is 14.0. The van der Waals surface area contributed by atoms with Gasteiger partial charge >= 0.3 is 5.69 Å². The molecule has 0 radical (unpaired) electrons. The number of aromatic amines is 1. The van der Waals surface area contributed by atoms with Gasteiger partial charge in [-0.05, 0) is 44.4 Å². The van der Waals surface area contributed by atoms with Crippen molar-refractivity contribution in [3.05, 3.63) is 22.6 Å². The van der Waals surface area contributed by atoms with E-state index in [4.69, 9.17) is 0 Å². The van der Waals surface area contributed by atoms with Gasteiger partial charge in [-0.15, -0.1) is 5.10 Å². The summed E-state index contributed by atoms with van der Waals surface area (Å²) in [5.41, 5.74) is 0.269. The Morgan fingerprint density at radius 2 is 2.33 bits per heavy atom. The highest BCUT2D eigenvalue weighted by atomic mass is 16.2. The van der Waals surface area contributed by atoms with Gasteiger partial charge in [0.25, 0.3) is 0 Å². The van der Waals surface area contributed by atoms with Crippen molar-refractivity contribution in [2.45, 2.75) is 38.6 Å². The number of hydrogen-bond acceptors (Lipinski definition) is 5. The van der Waals surface area contributed by atoms with Gasteiger partial charge in [-0.1, -0.05) is 6.92 Å². The lowest BCUT2D eigenvalue weighted by Gasteiger charge is -2.36. The van der Waals surface area contributed by atoms with Crippen molar-refractivity contribution in [3.8, 4) is 0 Å². The van der Waals surface area contributed by atoms with Crippen molar-refractivity contribution in [1.82, 2.24) is 25.1 Å². The zero-order chi connectivity index (χ0) is 14.7. The van der Waals surface area contributed by atoms with Crippen molar-refractivity contribution in [3.63, 3.8) is 0 Å². The molecule has 0 aromatic carbocycles. The van der Waals surface area contributed by atoms with E-state index in [1.807, 2.05) is 12.1 Å². The van der Waals surface area contributed by atoms with Gasteiger partial charge in [0, 0.05) is 19.1 Å². The van der Waals surface area contributed by atoms with Gasteiger partial charge in [-0.3, -0.25) is 0 Å². The average Bonchev–Trinajstić information content (AvgIpc) is 2.89. The Kier molecular flexibility index (Phi) is 4.19. The summed E-state index contributed by atoms with van der Waals surface area (Å²) in [7, 11) is 0. The standard InChI is InChI=1S/C14H22N6O/c1-2-8-15-10-11-5-3-4-9-19(11)13-7-6-12-16-17-14(21)20(12)18-13/h6-7,11,15H,2-5,8-10H2,1H3,(H,17,21). The first kappa shape index (κ1) is 14.1. The van der Waals surface area contributed by atoms with Gasteiger partial charge < -0.3 is 10.2 Å². The second kappa shape index (κ2) is 6.26. The van der Waals surface area contributed by atoms with E-state index in [1.54, 1.807) is 0 Å². The normalized spacial score (nSPS) is 19.3. The summed E-state index contributed by atoms with van der Waals surface area (Å²) in [5, 5.41) is 14.3. The summed E-state index contributed by atoms with van der Waals surface area (Å²) in [6.45, 7) is 5.17. The Morgan fingerprint density at radius 1 is 1.43 bits per heavy atom. The first-order valence-electron chi connectivity index (χ1n) is 7.71. The van der Waals surface area contributed by atoms with Gasteiger partial charge in [-0.2, -0.15) is 9.61 Å². The van der Waals surface area contributed by atoms with E-state index in [1.165, 1.54) is 17.4 Å². The SMILES string of the molecule is CCCNCC1CCCCN1c1ccc2n[nH]c(=O)n2n1. The number of nitrogens with one attached hydrogen (secondary N) is 2. The second-order valence-corrected chi connectivity index (χ2v) is 5.54. The monoisotopic (exact) mass is 290 g/mol. The first-order valence-corrected chi connectivity index (χ1v) is 7.71. The highest BCUT2D eigenvalue weighted by Gasteiger charge is 2.23. The molecule has 3 rings (SSSR count). The molecule has 2 N–H and O–H groups in total. The smallest absolute Gasteiger partial charge is 0.351 e. The summed E-state index contributed by atoms with van der Waals surface area (Å²) in [5.74, 6) is 0.856. The summed E-state index contributed by atoms with van der Waals surface area (Å²) in [6.07, 6.45) is 4.73. The predicted molar refractivity (Wildman–Crippen MR) is 81.8 cm³/mol. The second-order valence-electron chi connectivity index (χ2n) is 5.54. The number of anilines is 1. The fraction of sp³-hybridized carbons (Fsp3) is 0.643. The molecular formula is C14H22N6O. The lowest BCUT2D eigenvalue weighted by Crippen LogP contribution is -2.46. The molecule has 1 aliphatic heterocycles. The predicted octanol–water partition coefficient (Wildman–Crippen LogP) is 0.776. The third kappa shape index (κ3) is 2.92. The van der Waals surface area contributed by atoms with E-state index < -0.39 is 0 Å². The summed E-state index contributed by atoms with van der Waals surface area (Å²) < 4.78 is 1.33. The quantitative estimate of drug-likeness (QED) is 0.796. The number of rotatable bonds is 5. The molecule has 21 heavy (non-hydrogen) atoms. The minimum absolute atomic E-state index is 0.287. The molecule has 0 amide bonds. The fourth-order valence-corrected chi connectivity index (χ4v) is 2.91. The fourth-order valence-electron chi connectivity index (χ4n) is 2.91. The van der Waals surface area contributed by atoms with Crippen LogP contribution in [0.5, 0.6) is 0 Å². The minimum Gasteiger partial charge on any atom is -0.351 e. The molecule has 0 spiro atoms. The van der Waals surface area contributed by atoms with E-state index in [9.17, 15) is 4.79 Å². The van der Waals surface area contributed by atoms with Crippen LogP contribution in [-0.4, -0.2) is 45.5 Å².